The molecule has 1 aromatic rings. The van der Waals surface area contributed by atoms with Gasteiger partial charge in [-0.25, -0.2) is 4.39 Å². The Hall–Kier alpha value is -0.890. The largest absolute Gasteiger partial charge is 0.393 e. The molecular weight excluding hydrogens is 191 g/mol. The molecule has 0 saturated heterocycles. The van der Waals surface area contributed by atoms with Gasteiger partial charge in [-0.15, -0.1) is 0 Å². The lowest BCUT2D eigenvalue weighted by atomic mass is 9.81. The van der Waals surface area contributed by atoms with Gasteiger partial charge < -0.3 is 5.11 Å². The average Bonchev–Trinajstić information content (AvgIpc) is 2.06. The van der Waals surface area contributed by atoms with Crippen LogP contribution in [0.4, 0.5) is 4.39 Å². The van der Waals surface area contributed by atoms with E-state index in [1.165, 1.54) is 12.1 Å². The number of hydrogen-bond donors (Lipinski definition) is 1. The van der Waals surface area contributed by atoms with Gasteiger partial charge in [-0.3, -0.25) is 0 Å². The maximum absolute atomic E-state index is 12.7. The van der Waals surface area contributed by atoms with E-state index in [0.29, 0.717) is 0 Å². The number of benzene rings is 1. The third-order valence-electron chi connectivity index (χ3n) is 2.44. The molecule has 0 amide bonds. The fourth-order valence-corrected chi connectivity index (χ4v) is 2.03. The topological polar surface area (TPSA) is 20.2 Å². The summed E-state index contributed by atoms with van der Waals surface area (Å²) < 4.78 is 12.7. The first-order chi connectivity index (χ1) is 6.89. The van der Waals surface area contributed by atoms with Gasteiger partial charge in [0.15, 0.2) is 0 Å². The maximum atomic E-state index is 12.7. The second-order valence-corrected chi connectivity index (χ2v) is 5.02. The van der Waals surface area contributed by atoms with Crippen molar-refractivity contribution in [1.29, 1.82) is 0 Å². The first kappa shape index (κ1) is 12.2. The number of halogens is 1. The summed E-state index contributed by atoms with van der Waals surface area (Å²) in [5.74, 6) is -0.202. The highest BCUT2D eigenvalue weighted by atomic mass is 19.1. The lowest BCUT2D eigenvalue weighted by Crippen LogP contribution is -2.21. The number of hydrogen-bond acceptors (Lipinski definition) is 1. The fourth-order valence-electron chi connectivity index (χ4n) is 2.03. The predicted octanol–water partition coefficient (Wildman–Crippen LogP) is 3.17. The van der Waals surface area contributed by atoms with E-state index in [1.807, 2.05) is 0 Å². The molecular formula is C13H19FO. The highest BCUT2D eigenvalue weighted by molar-refractivity contribution is 5.17. The maximum Gasteiger partial charge on any atom is 0.123 e. The van der Waals surface area contributed by atoms with Gasteiger partial charge >= 0.3 is 0 Å². The molecule has 0 heterocycles. The van der Waals surface area contributed by atoms with Crippen LogP contribution in [0.25, 0.3) is 0 Å². The third-order valence-corrected chi connectivity index (χ3v) is 2.44. The molecule has 1 N–H and O–H groups in total. The summed E-state index contributed by atoms with van der Waals surface area (Å²) in [4.78, 5) is 0. The van der Waals surface area contributed by atoms with Crippen molar-refractivity contribution in [2.45, 2.75) is 39.7 Å². The summed E-state index contributed by atoms with van der Waals surface area (Å²) in [7, 11) is 0. The van der Waals surface area contributed by atoms with Crippen molar-refractivity contribution in [3.05, 3.63) is 35.6 Å². The minimum absolute atomic E-state index is 0.0476. The smallest absolute Gasteiger partial charge is 0.123 e. The highest BCUT2D eigenvalue weighted by Gasteiger charge is 2.20. The van der Waals surface area contributed by atoms with Gasteiger partial charge in [0.1, 0.15) is 5.82 Å². The van der Waals surface area contributed by atoms with Crippen molar-refractivity contribution in [3.63, 3.8) is 0 Å². The quantitative estimate of drug-likeness (QED) is 0.809. The van der Waals surface area contributed by atoms with Crippen LogP contribution in [0.15, 0.2) is 24.3 Å². The van der Waals surface area contributed by atoms with Crippen molar-refractivity contribution in [1.82, 2.24) is 0 Å². The molecule has 0 fully saturated rings. The van der Waals surface area contributed by atoms with E-state index in [-0.39, 0.29) is 17.3 Å². The molecule has 0 aliphatic carbocycles. The van der Waals surface area contributed by atoms with Gasteiger partial charge in [0.05, 0.1) is 6.10 Å². The van der Waals surface area contributed by atoms with E-state index in [0.717, 1.165) is 18.4 Å². The molecule has 0 saturated carbocycles. The van der Waals surface area contributed by atoms with E-state index in [1.54, 1.807) is 19.1 Å². The normalized spacial score (nSPS) is 13.9. The van der Waals surface area contributed by atoms with Crippen LogP contribution in [0.1, 0.15) is 32.8 Å². The van der Waals surface area contributed by atoms with Crippen LogP contribution in [-0.2, 0) is 6.42 Å². The summed E-state index contributed by atoms with van der Waals surface area (Å²) in [5, 5.41) is 9.35. The van der Waals surface area contributed by atoms with Crippen molar-refractivity contribution >= 4 is 0 Å². The van der Waals surface area contributed by atoms with E-state index in [9.17, 15) is 9.50 Å². The zero-order chi connectivity index (χ0) is 11.5. The van der Waals surface area contributed by atoms with Gasteiger partial charge in [-0.05, 0) is 42.9 Å². The summed E-state index contributed by atoms with van der Waals surface area (Å²) in [6, 6.07) is 6.57. The van der Waals surface area contributed by atoms with Gasteiger partial charge in [-0.2, -0.15) is 0 Å². The van der Waals surface area contributed by atoms with Gasteiger partial charge in [-0.1, -0.05) is 26.0 Å². The van der Waals surface area contributed by atoms with E-state index in [4.69, 9.17) is 0 Å². The first-order valence-corrected chi connectivity index (χ1v) is 5.31. The van der Waals surface area contributed by atoms with Crippen LogP contribution in [0.5, 0.6) is 0 Å². The standard InChI is InChI=1S/C13H19FO/c1-10(15)8-13(2,3)9-11-4-6-12(14)7-5-11/h4-7,10,15H,8-9H2,1-3H3. The van der Waals surface area contributed by atoms with Crippen LogP contribution in [-0.4, -0.2) is 11.2 Å². The monoisotopic (exact) mass is 210 g/mol. The van der Waals surface area contributed by atoms with Crippen molar-refractivity contribution < 1.29 is 9.50 Å². The van der Waals surface area contributed by atoms with Crippen LogP contribution < -0.4 is 0 Å². The molecule has 1 unspecified atom stereocenters. The number of aliphatic hydroxyl groups excluding tert-OH is 1. The summed E-state index contributed by atoms with van der Waals surface area (Å²) in [6.07, 6.45) is 1.32. The second-order valence-electron chi connectivity index (χ2n) is 5.02. The summed E-state index contributed by atoms with van der Waals surface area (Å²) >= 11 is 0. The van der Waals surface area contributed by atoms with Crippen molar-refractivity contribution in [2.75, 3.05) is 0 Å². The summed E-state index contributed by atoms with van der Waals surface area (Å²) in [5.41, 5.74) is 1.16. The lowest BCUT2D eigenvalue weighted by Gasteiger charge is -2.26. The van der Waals surface area contributed by atoms with E-state index in [2.05, 4.69) is 13.8 Å². The van der Waals surface area contributed by atoms with Gasteiger partial charge in [0.2, 0.25) is 0 Å². The van der Waals surface area contributed by atoms with Crippen molar-refractivity contribution in [2.24, 2.45) is 5.41 Å². The Bertz CT molecular complexity index is 301. The average molecular weight is 210 g/mol. The number of rotatable bonds is 4. The highest BCUT2D eigenvalue weighted by Crippen LogP contribution is 2.27. The van der Waals surface area contributed by atoms with Crippen LogP contribution >= 0.6 is 0 Å². The lowest BCUT2D eigenvalue weighted by molar-refractivity contribution is 0.129. The molecule has 1 rings (SSSR count). The molecule has 84 valence electrons. The van der Waals surface area contributed by atoms with Crippen molar-refractivity contribution in [3.8, 4) is 0 Å². The van der Waals surface area contributed by atoms with Crippen LogP contribution in [0.2, 0.25) is 0 Å². The Morgan fingerprint density at radius 2 is 1.80 bits per heavy atom. The van der Waals surface area contributed by atoms with E-state index < -0.39 is 0 Å². The Labute approximate surface area is 90.9 Å². The Balaban J connectivity index is 2.64. The Morgan fingerprint density at radius 1 is 1.27 bits per heavy atom. The third kappa shape index (κ3) is 4.43. The summed E-state index contributed by atoms with van der Waals surface area (Å²) in [6.45, 7) is 6.03. The zero-order valence-electron chi connectivity index (χ0n) is 9.63. The molecule has 0 aliphatic rings. The SMILES string of the molecule is CC(O)CC(C)(C)Cc1ccc(F)cc1. The molecule has 15 heavy (non-hydrogen) atoms. The zero-order valence-corrected chi connectivity index (χ0v) is 9.63. The molecule has 1 atom stereocenters. The van der Waals surface area contributed by atoms with E-state index >= 15 is 0 Å². The number of aliphatic hydroxyl groups is 1. The molecule has 0 aliphatic heterocycles. The van der Waals surface area contributed by atoms with Crippen LogP contribution in [0.3, 0.4) is 0 Å². The van der Waals surface area contributed by atoms with Gasteiger partial charge in [0, 0.05) is 0 Å². The minimum Gasteiger partial charge on any atom is -0.393 e. The molecule has 0 bridgehead atoms. The Morgan fingerprint density at radius 3 is 2.27 bits per heavy atom. The fraction of sp³-hybridized carbons (Fsp3) is 0.538. The molecule has 2 heteroatoms. The Kier molecular flexibility index (Phi) is 3.86. The molecule has 0 aromatic heterocycles. The molecule has 0 radical (unpaired) electrons. The van der Waals surface area contributed by atoms with Gasteiger partial charge in [0.25, 0.3) is 0 Å². The van der Waals surface area contributed by atoms with Crippen LogP contribution in [0, 0.1) is 11.2 Å². The minimum atomic E-state index is -0.291. The molecule has 0 spiro atoms. The molecule has 1 nitrogen and oxygen atoms in total. The predicted molar refractivity (Wildman–Crippen MR) is 60.2 cm³/mol. The second kappa shape index (κ2) is 4.75. The first-order valence-electron chi connectivity index (χ1n) is 5.31. The molecule has 1 aromatic carbocycles.